The molecule has 0 aliphatic rings. The minimum atomic E-state index is -0.988. The van der Waals surface area contributed by atoms with Crippen molar-refractivity contribution in [3.8, 4) is 0 Å². The highest BCUT2D eigenvalue weighted by Crippen LogP contribution is 2.20. The second-order valence-corrected chi connectivity index (χ2v) is 4.65. The minimum absolute atomic E-state index is 0.187. The molecule has 106 valence electrons. The first-order valence-electron chi connectivity index (χ1n) is 5.98. The summed E-state index contributed by atoms with van der Waals surface area (Å²) >= 11 is 5.79. The molecule has 0 spiro atoms. The van der Waals surface area contributed by atoms with Gasteiger partial charge in [0, 0.05) is 37.5 Å². The molecule has 0 unspecified atom stereocenters. The number of nitrogens with zero attached hydrogens (tertiary/aromatic N) is 1. The molecule has 0 bridgehead atoms. The number of carbonyl (C=O) groups is 1. The SMILES string of the molecule is COCCN(C)CCNc1ccc(Cl)cc1C(=O)O. The smallest absolute Gasteiger partial charge is 0.337 e. The molecule has 0 saturated carbocycles. The van der Waals surface area contributed by atoms with Crippen LogP contribution in [0.15, 0.2) is 18.2 Å². The molecule has 0 fully saturated rings. The molecule has 0 heterocycles. The molecule has 6 heteroatoms. The summed E-state index contributed by atoms with van der Waals surface area (Å²) in [4.78, 5) is 13.2. The van der Waals surface area contributed by atoms with Crippen LogP contribution in [-0.2, 0) is 4.74 Å². The zero-order valence-corrected chi connectivity index (χ0v) is 11.9. The Hall–Kier alpha value is -1.30. The lowest BCUT2D eigenvalue weighted by molar-refractivity contribution is 0.0698. The third-order valence-corrected chi connectivity index (χ3v) is 2.93. The predicted octanol–water partition coefficient (Wildman–Crippen LogP) is 2.03. The summed E-state index contributed by atoms with van der Waals surface area (Å²) in [7, 11) is 3.65. The summed E-state index contributed by atoms with van der Waals surface area (Å²) in [5.74, 6) is -0.988. The van der Waals surface area contributed by atoms with E-state index in [1.54, 1.807) is 19.2 Å². The van der Waals surface area contributed by atoms with Gasteiger partial charge in [0.05, 0.1) is 12.2 Å². The molecule has 0 aliphatic heterocycles. The summed E-state index contributed by atoms with van der Waals surface area (Å²) in [6.07, 6.45) is 0. The molecule has 1 aromatic carbocycles. The zero-order chi connectivity index (χ0) is 14.3. The van der Waals surface area contributed by atoms with Crippen LogP contribution >= 0.6 is 11.6 Å². The number of carboxylic acids is 1. The van der Waals surface area contributed by atoms with Crippen molar-refractivity contribution >= 4 is 23.3 Å². The first-order valence-corrected chi connectivity index (χ1v) is 6.36. The lowest BCUT2D eigenvalue weighted by atomic mass is 10.2. The fourth-order valence-corrected chi connectivity index (χ4v) is 1.76. The van der Waals surface area contributed by atoms with E-state index in [-0.39, 0.29) is 5.56 Å². The average molecular weight is 287 g/mol. The average Bonchev–Trinajstić information content (AvgIpc) is 2.37. The highest BCUT2D eigenvalue weighted by atomic mass is 35.5. The molecular weight excluding hydrogens is 268 g/mol. The Morgan fingerprint density at radius 3 is 2.84 bits per heavy atom. The minimum Gasteiger partial charge on any atom is -0.478 e. The molecule has 5 nitrogen and oxygen atoms in total. The number of hydrogen-bond acceptors (Lipinski definition) is 4. The summed E-state index contributed by atoms with van der Waals surface area (Å²) < 4.78 is 4.99. The quantitative estimate of drug-likeness (QED) is 0.766. The van der Waals surface area contributed by atoms with Crippen molar-refractivity contribution < 1.29 is 14.6 Å². The van der Waals surface area contributed by atoms with E-state index in [4.69, 9.17) is 21.4 Å². The Labute approximate surface area is 118 Å². The summed E-state index contributed by atoms with van der Waals surface area (Å²) in [6, 6.07) is 4.80. The van der Waals surface area contributed by atoms with Gasteiger partial charge < -0.3 is 20.1 Å². The Bertz CT molecular complexity index is 426. The number of ether oxygens (including phenoxy) is 1. The highest BCUT2D eigenvalue weighted by molar-refractivity contribution is 6.31. The topological polar surface area (TPSA) is 61.8 Å². The van der Waals surface area contributed by atoms with E-state index >= 15 is 0 Å². The number of nitrogens with one attached hydrogen (secondary N) is 1. The second-order valence-electron chi connectivity index (χ2n) is 4.22. The van der Waals surface area contributed by atoms with E-state index in [0.717, 1.165) is 13.1 Å². The van der Waals surface area contributed by atoms with Crippen molar-refractivity contribution in [2.45, 2.75) is 0 Å². The van der Waals surface area contributed by atoms with Gasteiger partial charge in [-0.05, 0) is 25.2 Å². The Morgan fingerprint density at radius 2 is 2.21 bits per heavy atom. The second kappa shape index (κ2) is 7.99. The molecule has 2 N–H and O–H groups in total. The summed E-state index contributed by atoms with van der Waals surface area (Å²) in [6.45, 7) is 2.97. The Balaban J connectivity index is 2.51. The zero-order valence-electron chi connectivity index (χ0n) is 11.1. The van der Waals surface area contributed by atoms with Crippen LogP contribution < -0.4 is 5.32 Å². The fraction of sp³-hybridized carbons (Fsp3) is 0.462. The standard InChI is InChI=1S/C13H19ClN2O3/c1-16(7-8-19-2)6-5-15-12-4-3-10(14)9-11(12)13(17)18/h3-4,9,15H,5-8H2,1-2H3,(H,17,18). The molecule has 1 rings (SSSR count). The van der Waals surface area contributed by atoms with Crippen LogP contribution in [0, 0.1) is 0 Å². The maximum absolute atomic E-state index is 11.1. The van der Waals surface area contributed by atoms with Gasteiger partial charge in [-0.2, -0.15) is 0 Å². The molecule has 1 aromatic rings. The monoisotopic (exact) mass is 286 g/mol. The van der Waals surface area contributed by atoms with E-state index in [2.05, 4.69) is 10.2 Å². The number of halogens is 1. The fourth-order valence-electron chi connectivity index (χ4n) is 1.59. The maximum atomic E-state index is 11.1. The van der Waals surface area contributed by atoms with Crippen LogP contribution in [0.5, 0.6) is 0 Å². The third-order valence-electron chi connectivity index (χ3n) is 2.70. The maximum Gasteiger partial charge on any atom is 0.337 e. The van der Waals surface area contributed by atoms with Crippen molar-refractivity contribution in [3.63, 3.8) is 0 Å². The van der Waals surface area contributed by atoms with Crippen molar-refractivity contribution in [2.24, 2.45) is 0 Å². The highest BCUT2D eigenvalue weighted by Gasteiger charge is 2.10. The van der Waals surface area contributed by atoms with Gasteiger partial charge in [0.25, 0.3) is 0 Å². The number of benzene rings is 1. The first-order chi connectivity index (χ1) is 9.04. The van der Waals surface area contributed by atoms with Gasteiger partial charge in [0.1, 0.15) is 0 Å². The first kappa shape index (κ1) is 15.8. The summed E-state index contributed by atoms with van der Waals surface area (Å²) in [5.41, 5.74) is 0.768. The number of carboxylic acid groups (broad SMARTS) is 1. The van der Waals surface area contributed by atoms with Gasteiger partial charge in [-0.25, -0.2) is 4.79 Å². The van der Waals surface area contributed by atoms with Crippen LogP contribution in [-0.4, -0.2) is 56.4 Å². The molecule has 0 aliphatic carbocycles. The van der Waals surface area contributed by atoms with Crippen molar-refractivity contribution in [3.05, 3.63) is 28.8 Å². The number of hydrogen-bond donors (Lipinski definition) is 2. The van der Waals surface area contributed by atoms with Gasteiger partial charge in [0.15, 0.2) is 0 Å². The van der Waals surface area contributed by atoms with E-state index in [1.807, 2.05) is 7.05 Å². The van der Waals surface area contributed by atoms with E-state index in [9.17, 15) is 4.79 Å². The molecule has 0 radical (unpaired) electrons. The number of methoxy groups -OCH3 is 1. The number of aromatic carboxylic acids is 1. The van der Waals surface area contributed by atoms with Crippen LogP contribution in [0.4, 0.5) is 5.69 Å². The largest absolute Gasteiger partial charge is 0.478 e. The van der Waals surface area contributed by atoms with Gasteiger partial charge in [-0.3, -0.25) is 0 Å². The van der Waals surface area contributed by atoms with Crippen LogP contribution in [0.2, 0.25) is 5.02 Å². The van der Waals surface area contributed by atoms with Gasteiger partial charge in [-0.15, -0.1) is 0 Å². The number of rotatable bonds is 8. The van der Waals surface area contributed by atoms with Crippen molar-refractivity contribution in [2.75, 3.05) is 45.7 Å². The third kappa shape index (κ3) is 5.46. The van der Waals surface area contributed by atoms with Crippen LogP contribution in [0.1, 0.15) is 10.4 Å². The van der Waals surface area contributed by atoms with E-state index in [1.165, 1.54) is 6.07 Å². The molecule has 19 heavy (non-hydrogen) atoms. The Kier molecular flexibility index (Phi) is 6.62. The van der Waals surface area contributed by atoms with Gasteiger partial charge in [0.2, 0.25) is 0 Å². The molecule has 0 amide bonds. The van der Waals surface area contributed by atoms with Gasteiger partial charge in [-0.1, -0.05) is 11.6 Å². The van der Waals surface area contributed by atoms with Gasteiger partial charge >= 0.3 is 5.97 Å². The van der Waals surface area contributed by atoms with E-state index < -0.39 is 5.97 Å². The van der Waals surface area contributed by atoms with E-state index in [0.29, 0.717) is 23.9 Å². The normalized spacial score (nSPS) is 10.7. The van der Waals surface area contributed by atoms with Crippen molar-refractivity contribution in [1.29, 1.82) is 0 Å². The predicted molar refractivity (Wildman–Crippen MR) is 76.3 cm³/mol. The summed E-state index contributed by atoms with van der Waals surface area (Å²) in [5, 5.41) is 12.6. The molecule has 0 aromatic heterocycles. The van der Waals surface area contributed by atoms with Crippen LogP contribution in [0.3, 0.4) is 0 Å². The number of anilines is 1. The van der Waals surface area contributed by atoms with Crippen LogP contribution in [0.25, 0.3) is 0 Å². The van der Waals surface area contributed by atoms with Crippen molar-refractivity contribution in [1.82, 2.24) is 4.90 Å². The molecule has 0 atom stereocenters. The molecule has 0 saturated heterocycles. The molecular formula is C13H19ClN2O3. The number of likely N-dealkylation sites (N-methyl/N-ethyl adjacent to an activating group) is 1. The lowest BCUT2D eigenvalue weighted by Crippen LogP contribution is -2.28. The lowest BCUT2D eigenvalue weighted by Gasteiger charge is -2.17. The Morgan fingerprint density at radius 1 is 1.47 bits per heavy atom.